The molecule has 0 aromatic carbocycles. The third kappa shape index (κ3) is 2.98. The number of alkyl halides is 2. The lowest BCUT2D eigenvalue weighted by atomic mass is 10.1. The number of rotatable bonds is 3. The fraction of sp³-hybridized carbons (Fsp3) is 0.545. The van der Waals surface area contributed by atoms with Crippen molar-refractivity contribution in [1.82, 2.24) is 9.55 Å². The van der Waals surface area contributed by atoms with Crippen molar-refractivity contribution in [2.45, 2.75) is 29.7 Å². The van der Waals surface area contributed by atoms with E-state index >= 15 is 0 Å². The number of carbonyl (C=O) groups is 1. The summed E-state index contributed by atoms with van der Waals surface area (Å²) in [5.41, 5.74) is -1.39. The van der Waals surface area contributed by atoms with Crippen molar-refractivity contribution in [3.8, 4) is 0 Å². The summed E-state index contributed by atoms with van der Waals surface area (Å²) in [6.07, 6.45) is -2.28. The molecule has 0 saturated carbocycles. The van der Waals surface area contributed by atoms with Gasteiger partial charge in [0.2, 0.25) is 4.33 Å². The zero-order valence-corrected chi connectivity index (χ0v) is 12.3. The maximum absolute atomic E-state index is 11.8. The second-order valence-corrected chi connectivity index (χ2v) is 5.88. The lowest BCUT2D eigenvalue weighted by molar-refractivity contribution is -0.150. The van der Waals surface area contributed by atoms with Crippen LogP contribution in [0.15, 0.2) is 21.9 Å². The van der Waals surface area contributed by atoms with Gasteiger partial charge in [-0.25, -0.2) is 4.79 Å². The molecule has 1 aliphatic heterocycles. The quantitative estimate of drug-likeness (QED) is 0.569. The Balaban J connectivity index is 2.43. The van der Waals surface area contributed by atoms with Crippen LogP contribution in [0.25, 0.3) is 0 Å². The molecule has 1 aliphatic rings. The largest absolute Gasteiger partial charge is 0.456 e. The highest BCUT2D eigenvalue weighted by Gasteiger charge is 2.58. The molecule has 3 unspecified atom stereocenters. The van der Waals surface area contributed by atoms with E-state index in [1.807, 2.05) is 4.98 Å². The van der Waals surface area contributed by atoms with E-state index in [0.717, 1.165) is 23.8 Å². The number of aliphatic hydroxyl groups is 1. The number of aromatic nitrogens is 2. The standard InChI is InChI=1S/C11H12Cl2N2O6/c1-5(17)20-8-6(4-16)21-9(11(8,12)13)15-3-2-7(18)14-10(15)19/h2-3,6,8-9,16H,4H2,1H3,(H,14,18,19). The summed E-state index contributed by atoms with van der Waals surface area (Å²) < 4.78 is 9.50. The van der Waals surface area contributed by atoms with Crippen molar-refractivity contribution in [3.05, 3.63) is 33.1 Å². The van der Waals surface area contributed by atoms with E-state index in [2.05, 4.69) is 0 Å². The van der Waals surface area contributed by atoms with Crippen LogP contribution in [-0.2, 0) is 14.3 Å². The molecule has 0 aliphatic carbocycles. The summed E-state index contributed by atoms with van der Waals surface area (Å²) in [4.78, 5) is 36.0. The van der Waals surface area contributed by atoms with E-state index in [9.17, 15) is 19.5 Å². The van der Waals surface area contributed by atoms with Crippen LogP contribution in [0.5, 0.6) is 0 Å². The molecule has 21 heavy (non-hydrogen) atoms. The Morgan fingerprint density at radius 1 is 1.57 bits per heavy atom. The van der Waals surface area contributed by atoms with Gasteiger partial charge in [0.15, 0.2) is 12.3 Å². The number of aromatic amines is 1. The number of hydrogen-bond acceptors (Lipinski definition) is 6. The van der Waals surface area contributed by atoms with Crippen molar-refractivity contribution in [2.75, 3.05) is 6.61 Å². The number of ether oxygens (including phenoxy) is 2. The van der Waals surface area contributed by atoms with Crippen molar-refractivity contribution >= 4 is 29.2 Å². The van der Waals surface area contributed by atoms with Gasteiger partial charge >= 0.3 is 11.7 Å². The van der Waals surface area contributed by atoms with E-state index in [-0.39, 0.29) is 0 Å². The molecule has 1 fully saturated rings. The van der Waals surface area contributed by atoms with Crippen LogP contribution in [0.4, 0.5) is 0 Å². The average molecular weight is 339 g/mol. The summed E-state index contributed by atoms with van der Waals surface area (Å²) >= 11 is 12.3. The molecule has 0 amide bonds. The van der Waals surface area contributed by atoms with E-state index in [4.69, 9.17) is 32.7 Å². The Hall–Kier alpha value is -1.35. The molecule has 0 radical (unpaired) electrons. The van der Waals surface area contributed by atoms with E-state index in [0.29, 0.717) is 0 Å². The Morgan fingerprint density at radius 2 is 2.24 bits per heavy atom. The summed E-state index contributed by atoms with van der Waals surface area (Å²) in [5.74, 6) is -0.665. The van der Waals surface area contributed by atoms with Crippen molar-refractivity contribution in [2.24, 2.45) is 0 Å². The maximum Gasteiger partial charge on any atom is 0.330 e. The molecular formula is C11H12Cl2N2O6. The normalized spacial score (nSPS) is 27.5. The predicted molar refractivity (Wildman–Crippen MR) is 72.3 cm³/mol. The molecule has 116 valence electrons. The molecule has 0 spiro atoms. The molecule has 1 saturated heterocycles. The van der Waals surface area contributed by atoms with E-state index in [1.54, 1.807) is 0 Å². The number of hydrogen-bond donors (Lipinski definition) is 2. The number of halogens is 2. The second-order valence-electron chi connectivity index (χ2n) is 4.43. The molecule has 8 nitrogen and oxygen atoms in total. The van der Waals surface area contributed by atoms with Crippen LogP contribution in [0.1, 0.15) is 13.2 Å². The first-order valence-electron chi connectivity index (χ1n) is 5.90. The van der Waals surface area contributed by atoms with Crippen LogP contribution >= 0.6 is 23.2 Å². The summed E-state index contributed by atoms with van der Waals surface area (Å²) in [6.45, 7) is 0.630. The zero-order chi connectivity index (χ0) is 15.8. The monoisotopic (exact) mass is 338 g/mol. The Labute approximate surface area is 128 Å². The molecule has 1 aromatic rings. The van der Waals surface area contributed by atoms with Gasteiger partial charge in [-0.3, -0.25) is 19.1 Å². The van der Waals surface area contributed by atoms with Crippen LogP contribution < -0.4 is 11.2 Å². The van der Waals surface area contributed by atoms with Gasteiger partial charge in [-0.05, 0) is 0 Å². The number of nitrogens with one attached hydrogen (secondary N) is 1. The molecule has 10 heteroatoms. The third-order valence-corrected chi connectivity index (χ3v) is 3.73. The lowest BCUT2D eigenvalue weighted by Gasteiger charge is -2.26. The third-order valence-electron chi connectivity index (χ3n) is 2.93. The number of H-pyrrole nitrogens is 1. The highest BCUT2D eigenvalue weighted by molar-refractivity contribution is 6.49. The van der Waals surface area contributed by atoms with Crippen LogP contribution in [0.3, 0.4) is 0 Å². The fourth-order valence-corrected chi connectivity index (χ4v) is 2.73. The molecule has 2 rings (SSSR count). The maximum atomic E-state index is 11.8. The topological polar surface area (TPSA) is 111 Å². The van der Waals surface area contributed by atoms with Crippen LogP contribution in [0, 0.1) is 0 Å². The van der Waals surface area contributed by atoms with Crippen molar-refractivity contribution in [1.29, 1.82) is 0 Å². The summed E-state index contributed by atoms with van der Waals surface area (Å²) in [7, 11) is 0. The first-order valence-corrected chi connectivity index (χ1v) is 6.65. The Morgan fingerprint density at radius 3 is 2.76 bits per heavy atom. The Bertz CT molecular complexity index is 655. The summed E-state index contributed by atoms with van der Waals surface area (Å²) in [5, 5.41) is 9.28. The zero-order valence-electron chi connectivity index (χ0n) is 10.8. The van der Waals surface area contributed by atoms with Crippen molar-refractivity contribution < 1.29 is 19.4 Å². The molecule has 2 heterocycles. The van der Waals surface area contributed by atoms with Gasteiger partial charge in [0.1, 0.15) is 6.10 Å². The molecule has 2 N–H and O–H groups in total. The molecule has 0 bridgehead atoms. The molecular weight excluding hydrogens is 327 g/mol. The van der Waals surface area contributed by atoms with Crippen LogP contribution in [0.2, 0.25) is 0 Å². The highest BCUT2D eigenvalue weighted by atomic mass is 35.5. The first-order chi connectivity index (χ1) is 9.77. The van der Waals surface area contributed by atoms with Crippen molar-refractivity contribution in [3.63, 3.8) is 0 Å². The minimum absolute atomic E-state index is 0.520. The number of nitrogens with zero attached hydrogens (tertiary/aromatic N) is 1. The molecule has 1 aromatic heterocycles. The second kappa shape index (κ2) is 5.80. The minimum Gasteiger partial charge on any atom is -0.456 e. The smallest absolute Gasteiger partial charge is 0.330 e. The highest BCUT2D eigenvalue weighted by Crippen LogP contribution is 2.47. The lowest BCUT2D eigenvalue weighted by Crippen LogP contribution is -2.43. The van der Waals surface area contributed by atoms with E-state index < -0.39 is 46.6 Å². The van der Waals surface area contributed by atoms with Gasteiger partial charge in [-0.2, -0.15) is 0 Å². The van der Waals surface area contributed by atoms with E-state index in [1.165, 1.54) is 0 Å². The fourth-order valence-electron chi connectivity index (χ4n) is 2.05. The van der Waals surface area contributed by atoms with Gasteiger partial charge in [0.05, 0.1) is 6.61 Å². The number of aliphatic hydroxyl groups excluding tert-OH is 1. The summed E-state index contributed by atoms with van der Waals surface area (Å²) in [6, 6.07) is 1.09. The SMILES string of the molecule is CC(=O)OC1C(CO)OC(n2ccc(=O)[nH]c2=O)C1(Cl)Cl. The first kappa shape index (κ1) is 16.0. The van der Waals surface area contributed by atoms with Gasteiger partial charge < -0.3 is 14.6 Å². The predicted octanol–water partition coefficient (Wildman–Crippen LogP) is -0.468. The van der Waals surface area contributed by atoms with Gasteiger partial charge in [-0.15, -0.1) is 0 Å². The van der Waals surface area contributed by atoms with Gasteiger partial charge in [0, 0.05) is 19.2 Å². The van der Waals surface area contributed by atoms with Gasteiger partial charge in [0.25, 0.3) is 5.56 Å². The molecule has 3 atom stereocenters. The minimum atomic E-state index is -1.82. The number of esters is 1. The van der Waals surface area contributed by atoms with Crippen LogP contribution in [-0.4, -0.2) is 43.8 Å². The average Bonchev–Trinajstić information content (AvgIpc) is 2.61. The number of carbonyl (C=O) groups excluding carboxylic acids is 1. The Kier molecular flexibility index (Phi) is 4.43. The van der Waals surface area contributed by atoms with Gasteiger partial charge in [-0.1, -0.05) is 23.2 Å².